The van der Waals surface area contributed by atoms with E-state index in [1.54, 1.807) is 6.07 Å². The molecule has 0 spiro atoms. The molecule has 5 heteroatoms. The largest absolute Gasteiger partial charge is 0.371 e. The van der Waals surface area contributed by atoms with E-state index in [9.17, 15) is 4.39 Å². The van der Waals surface area contributed by atoms with Gasteiger partial charge in [-0.05, 0) is 26.3 Å². The van der Waals surface area contributed by atoms with Crippen LogP contribution < -0.4 is 0 Å². The molecule has 2 nitrogen and oxygen atoms in total. The highest BCUT2D eigenvalue weighted by molar-refractivity contribution is 7.13. The maximum atomic E-state index is 14.2. The third kappa shape index (κ3) is 4.25. The zero-order valence-electron chi connectivity index (χ0n) is 12.5. The minimum absolute atomic E-state index is 0.240. The van der Waals surface area contributed by atoms with Gasteiger partial charge in [0.2, 0.25) is 0 Å². The second kappa shape index (κ2) is 6.86. The van der Waals surface area contributed by atoms with Gasteiger partial charge in [0.05, 0.1) is 23.8 Å². The number of hydrogen-bond donors (Lipinski definition) is 0. The van der Waals surface area contributed by atoms with Crippen LogP contribution in [0.5, 0.6) is 0 Å². The van der Waals surface area contributed by atoms with Gasteiger partial charge in [0.25, 0.3) is 0 Å². The van der Waals surface area contributed by atoms with Gasteiger partial charge >= 0.3 is 0 Å². The number of halogens is 2. The summed E-state index contributed by atoms with van der Waals surface area (Å²) in [6.45, 7) is 6.33. The number of alkyl halides is 1. The highest BCUT2D eigenvalue weighted by atomic mass is 35.5. The molecular formula is C16H19ClFNOS. The van der Waals surface area contributed by atoms with Crippen LogP contribution in [-0.4, -0.2) is 10.6 Å². The first kappa shape index (κ1) is 16.4. The van der Waals surface area contributed by atoms with Gasteiger partial charge in [0, 0.05) is 16.5 Å². The summed E-state index contributed by atoms with van der Waals surface area (Å²) in [5.41, 5.74) is 1.91. The van der Waals surface area contributed by atoms with Crippen molar-refractivity contribution in [3.8, 4) is 10.6 Å². The van der Waals surface area contributed by atoms with E-state index in [0.29, 0.717) is 11.4 Å². The van der Waals surface area contributed by atoms with Gasteiger partial charge in [-0.2, -0.15) is 0 Å². The van der Waals surface area contributed by atoms with Crippen LogP contribution in [0.4, 0.5) is 4.39 Å². The summed E-state index contributed by atoms with van der Waals surface area (Å²) < 4.78 is 19.9. The molecule has 1 aromatic carbocycles. The molecule has 1 heterocycles. The number of aromatic nitrogens is 1. The lowest BCUT2D eigenvalue weighted by Gasteiger charge is -2.23. The summed E-state index contributed by atoms with van der Waals surface area (Å²) in [6.07, 6.45) is 0.882. The van der Waals surface area contributed by atoms with E-state index in [-0.39, 0.29) is 18.0 Å². The van der Waals surface area contributed by atoms with Crippen molar-refractivity contribution in [3.63, 3.8) is 0 Å². The first-order valence-corrected chi connectivity index (χ1v) is 8.29. The molecule has 2 rings (SSSR count). The minimum atomic E-state index is -0.262. The van der Waals surface area contributed by atoms with E-state index in [1.807, 2.05) is 25.3 Å². The Kier molecular flexibility index (Phi) is 5.36. The van der Waals surface area contributed by atoms with Crippen LogP contribution in [0, 0.1) is 5.82 Å². The molecule has 0 saturated heterocycles. The highest BCUT2D eigenvalue weighted by Crippen LogP contribution is 2.27. The van der Waals surface area contributed by atoms with Crippen LogP contribution in [0.25, 0.3) is 10.6 Å². The van der Waals surface area contributed by atoms with Crippen LogP contribution in [-0.2, 0) is 17.2 Å². The van der Waals surface area contributed by atoms with E-state index in [1.165, 1.54) is 17.4 Å². The fourth-order valence-electron chi connectivity index (χ4n) is 1.67. The predicted octanol–water partition coefficient (Wildman–Crippen LogP) is 5.39. The van der Waals surface area contributed by atoms with Crippen LogP contribution >= 0.6 is 22.9 Å². The normalized spacial score (nSPS) is 11.9. The summed E-state index contributed by atoms with van der Waals surface area (Å²) >= 11 is 7.20. The van der Waals surface area contributed by atoms with Gasteiger partial charge in [-0.15, -0.1) is 22.9 Å². The van der Waals surface area contributed by atoms with Crippen molar-refractivity contribution in [1.82, 2.24) is 4.98 Å². The van der Waals surface area contributed by atoms with Crippen molar-refractivity contribution in [2.24, 2.45) is 0 Å². The van der Waals surface area contributed by atoms with Crippen LogP contribution in [0.15, 0.2) is 23.6 Å². The molecule has 0 radical (unpaired) electrons. The summed E-state index contributed by atoms with van der Waals surface area (Å²) in [7, 11) is 0. The molecule has 0 saturated carbocycles. The average Bonchev–Trinajstić information content (AvgIpc) is 2.95. The Labute approximate surface area is 133 Å². The van der Waals surface area contributed by atoms with Gasteiger partial charge in [-0.1, -0.05) is 19.1 Å². The van der Waals surface area contributed by atoms with Crippen molar-refractivity contribution in [3.05, 3.63) is 40.7 Å². The second-order valence-corrected chi connectivity index (χ2v) is 6.61. The summed E-state index contributed by atoms with van der Waals surface area (Å²) in [4.78, 5) is 4.36. The Bertz CT molecular complexity index is 612. The van der Waals surface area contributed by atoms with Crippen LogP contribution in [0.2, 0.25) is 0 Å². The van der Waals surface area contributed by atoms with Gasteiger partial charge in [-0.3, -0.25) is 0 Å². The van der Waals surface area contributed by atoms with Crippen molar-refractivity contribution >= 4 is 22.9 Å². The zero-order chi connectivity index (χ0) is 15.5. The Hall–Kier alpha value is -0.970. The molecular weight excluding hydrogens is 309 g/mol. The van der Waals surface area contributed by atoms with Gasteiger partial charge in [0.15, 0.2) is 0 Å². The molecule has 0 fully saturated rings. The molecule has 1 aromatic heterocycles. The number of hydrogen-bond acceptors (Lipinski definition) is 3. The first-order valence-electron chi connectivity index (χ1n) is 6.88. The van der Waals surface area contributed by atoms with Crippen LogP contribution in [0.3, 0.4) is 0 Å². The van der Waals surface area contributed by atoms with E-state index in [0.717, 1.165) is 22.7 Å². The van der Waals surface area contributed by atoms with Gasteiger partial charge in [-0.25, -0.2) is 9.37 Å². The van der Waals surface area contributed by atoms with Crippen LogP contribution in [0.1, 0.15) is 38.4 Å². The lowest BCUT2D eigenvalue weighted by atomic mass is 10.1. The van der Waals surface area contributed by atoms with Crippen molar-refractivity contribution < 1.29 is 9.13 Å². The monoisotopic (exact) mass is 327 g/mol. The first-order chi connectivity index (χ1) is 9.95. The van der Waals surface area contributed by atoms with E-state index in [2.05, 4.69) is 11.9 Å². The summed E-state index contributed by atoms with van der Waals surface area (Å²) in [5, 5.41) is 2.67. The minimum Gasteiger partial charge on any atom is -0.371 e. The molecule has 114 valence electrons. The summed E-state index contributed by atoms with van der Waals surface area (Å²) in [5.74, 6) is 0.110. The molecule has 0 bridgehead atoms. The molecule has 0 aliphatic heterocycles. The Morgan fingerprint density at radius 1 is 1.38 bits per heavy atom. The van der Waals surface area contributed by atoms with E-state index < -0.39 is 0 Å². The number of ether oxygens (including phenoxy) is 1. The third-order valence-corrected chi connectivity index (χ3v) is 4.67. The molecule has 2 aromatic rings. The predicted molar refractivity (Wildman–Crippen MR) is 86.2 cm³/mol. The zero-order valence-corrected chi connectivity index (χ0v) is 14.0. The topological polar surface area (TPSA) is 22.1 Å². The number of nitrogens with zero attached hydrogens (tertiary/aromatic N) is 1. The quantitative estimate of drug-likeness (QED) is 0.663. The summed E-state index contributed by atoms with van der Waals surface area (Å²) in [6, 6.07) is 5.14. The Morgan fingerprint density at radius 3 is 2.71 bits per heavy atom. The fourth-order valence-corrected chi connectivity index (χ4v) is 2.72. The lowest BCUT2D eigenvalue weighted by molar-refractivity contribution is -0.0326. The molecule has 0 N–H and O–H groups in total. The van der Waals surface area contributed by atoms with E-state index in [4.69, 9.17) is 16.3 Å². The SMILES string of the molecule is CCC(C)(C)OCc1ccc(-c2nc(CCl)cs2)cc1F. The van der Waals surface area contributed by atoms with E-state index >= 15 is 0 Å². The Balaban J connectivity index is 2.14. The van der Waals surface area contributed by atoms with Gasteiger partial charge < -0.3 is 4.74 Å². The van der Waals surface area contributed by atoms with Crippen molar-refractivity contribution in [2.75, 3.05) is 0 Å². The van der Waals surface area contributed by atoms with Crippen molar-refractivity contribution in [2.45, 2.75) is 45.3 Å². The molecule has 0 aliphatic rings. The molecule has 0 aliphatic carbocycles. The molecule has 0 unspecified atom stereocenters. The smallest absolute Gasteiger partial charge is 0.129 e. The molecule has 21 heavy (non-hydrogen) atoms. The fraction of sp³-hybridized carbons (Fsp3) is 0.438. The standard InChI is InChI=1S/C16H19ClFNOS/c1-4-16(2,3)20-9-12-6-5-11(7-14(12)18)15-19-13(8-17)10-21-15/h5-7,10H,4,8-9H2,1-3H3. The molecule has 0 atom stereocenters. The van der Waals surface area contributed by atoms with Crippen molar-refractivity contribution in [1.29, 1.82) is 0 Å². The number of benzene rings is 1. The Morgan fingerprint density at radius 2 is 2.14 bits per heavy atom. The number of rotatable bonds is 6. The highest BCUT2D eigenvalue weighted by Gasteiger charge is 2.16. The van der Waals surface area contributed by atoms with Gasteiger partial charge in [0.1, 0.15) is 10.8 Å². The molecule has 0 amide bonds. The third-order valence-electron chi connectivity index (χ3n) is 3.46. The lowest BCUT2D eigenvalue weighted by Crippen LogP contribution is -2.22. The maximum absolute atomic E-state index is 14.2. The second-order valence-electron chi connectivity index (χ2n) is 5.49. The number of thiazole rings is 1. The average molecular weight is 328 g/mol. The maximum Gasteiger partial charge on any atom is 0.129 e.